The molecular formula is C16H34N2. The Hall–Kier alpha value is -0.0800. The summed E-state index contributed by atoms with van der Waals surface area (Å²) in [5.41, 5.74) is 0. The predicted octanol–water partition coefficient (Wildman–Crippen LogP) is 3.86. The molecule has 1 fully saturated rings. The first-order valence-electron chi connectivity index (χ1n) is 8.41. The predicted molar refractivity (Wildman–Crippen MR) is 81.1 cm³/mol. The molecule has 0 atom stereocenters. The average Bonchev–Trinajstić information content (AvgIpc) is 2.39. The molecule has 1 aliphatic rings. The zero-order chi connectivity index (χ0) is 12.7. The Balaban J connectivity index is 2.00. The van der Waals surface area contributed by atoms with Crippen LogP contribution < -0.4 is 10.6 Å². The van der Waals surface area contributed by atoms with Crippen molar-refractivity contribution in [1.82, 2.24) is 10.6 Å². The van der Waals surface area contributed by atoms with E-state index < -0.39 is 0 Å². The summed E-state index contributed by atoms with van der Waals surface area (Å²) in [6.45, 7) is 4.82. The molecule has 0 aliphatic carbocycles. The van der Waals surface area contributed by atoms with Crippen molar-refractivity contribution >= 4 is 0 Å². The van der Waals surface area contributed by atoms with Crippen LogP contribution in [0.3, 0.4) is 0 Å². The monoisotopic (exact) mass is 254 g/mol. The van der Waals surface area contributed by atoms with E-state index in [1.165, 1.54) is 103 Å². The van der Waals surface area contributed by atoms with E-state index in [2.05, 4.69) is 10.6 Å². The lowest BCUT2D eigenvalue weighted by molar-refractivity contribution is 0.514. The lowest BCUT2D eigenvalue weighted by Crippen LogP contribution is -2.23. The van der Waals surface area contributed by atoms with Crippen LogP contribution in [0.2, 0.25) is 0 Å². The summed E-state index contributed by atoms with van der Waals surface area (Å²) in [6.07, 6.45) is 17.1. The standard InChI is InChI=1S/C16H34N2/c1-2-4-6-8-10-13-17-15-12-16-18-14-11-9-7-5-3-1/h17-18H,1-16H2. The van der Waals surface area contributed by atoms with Crippen molar-refractivity contribution in [2.45, 2.75) is 77.0 Å². The molecule has 0 aromatic heterocycles. The largest absolute Gasteiger partial charge is 0.317 e. The molecule has 0 amide bonds. The molecule has 0 bridgehead atoms. The third-order valence-electron chi connectivity index (χ3n) is 3.91. The second-order valence-corrected chi connectivity index (χ2v) is 5.74. The van der Waals surface area contributed by atoms with Crippen LogP contribution in [-0.2, 0) is 0 Å². The molecule has 0 aromatic rings. The maximum Gasteiger partial charge on any atom is -0.00368 e. The van der Waals surface area contributed by atoms with Crippen LogP contribution in [0.4, 0.5) is 0 Å². The molecule has 108 valence electrons. The minimum absolute atomic E-state index is 1.19. The highest BCUT2D eigenvalue weighted by atomic mass is 14.9. The zero-order valence-corrected chi connectivity index (χ0v) is 12.3. The Morgan fingerprint density at radius 2 is 0.556 bits per heavy atom. The van der Waals surface area contributed by atoms with E-state index in [0.717, 1.165) is 0 Å². The first kappa shape index (κ1) is 16.0. The van der Waals surface area contributed by atoms with Crippen molar-refractivity contribution in [3.05, 3.63) is 0 Å². The van der Waals surface area contributed by atoms with E-state index in [1.807, 2.05) is 0 Å². The van der Waals surface area contributed by atoms with Gasteiger partial charge in [0.25, 0.3) is 0 Å². The first-order valence-corrected chi connectivity index (χ1v) is 8.41. The minimum Gasteiger partial charge on any atom is -0.317 e. The Bertz CT molecular complexity index is 84.1. The molecule has 0 spiro atoms. The molecule has 2 heteroatoms. The fourth-order valence-electron chi connectivity index (χ4n) is 2.68. The highest BCUT2D eigenvalue weighted by molar-refractivity contribution is 4.55. The van der Waals surface area contributed by atoms with Gasteiger partial charge in [0.2, 0.25) is 0 Å². The van der Waals surface area contributed by atoms with Gasteiger partial charge in [0.15, 0.2) is 0 Å². The van der Waals surface area contributed by atoms with Gasteiger partial charge < -0.3 is 10.6 Å². The number of nitrogens with one attached hydrogen (secondary N) is 2. The summed E-state index contributed by atoms with van der Waals surface area (Å²) >= 11 is 0. The van der Waals surface area contributed by atoms with E-state index in [-0.39, 0.29) is 0 Å². The molecule has 0 saturated carbocycles. The zero-order valence-electron chi connectivity index (χ0n) is 12.3. The Kier molecular flexibility index (Phi) is 11.9. The fraction of sp³-hybridized carbons (Fsp3) is 1.00. The van der Waals surface area contributed by atoms with Crippen molar-refractivity contribution in [3.8, 4) is 0 Å². The van der Waals surface area contributed by atoms with Gasteiger partial charge in [0, 0.05) is 0 Å². The van der Waals surface area contributed by atoms with Gasteiger partial charge in [0.1, 0.15) is 0 Å². The summed E-state index contributed by atoms with van der Waals surface area (Å²) in [4.78, 5) is 0. The van der Waals surface area contributed by atoms with E-state index in [0.29, 0.717) is 0 Å². The van der Waals surface area contributed by atoms with Crippen LogP contribution >= 0.6 is 0 Å². The minimum atomic E-state index is 1.19. The third-order valence-corrected chi connectivity index (χ3v) is 3.91. The van der Waals surface area contributed by atoms with Crippen molar-refractivity contribution in [2.75, 3.05) is 26.2 Å². The molecule has 0 aromatic carbocycles. The van der Waals surface area contributed by atoms with Crippen molar-refractivity contribution < 1.29 is 0 Å². The molecule has 1 saturated heterocycles. The van der Waals surface area contributed by atoms with Crippen LogP contribution in [-0.4, -0.2) is 26.2 Å². The smallest absolute Gasteiger partial charge is 0.00368 e. The second kappa shape index (κ2) is 13.4. The average molecular weight is 254 g/mol. The summed E-state index contributed by atoms with van der Waals surface area (Å²) in [7, 11) is 0. The summed E-state index contributed by atoms with van der Waals surface area (Å²) in [5, 5.41) is 7.10. The molecule has 0 radical (unpaired) electrons. The van der Waals surface area contributed by atoms with Gasteiger partial charge in [-0.3, -0.25) is 0 Å². The SMILES string of the molecule is C1CCCCCCNCCCNCCCCCC1. The van der Waals surface area contributed by atoms with Crippen LogP contribution in [0.1, 0.15) is 77.0 Å². The van der Waals surface area contributed by atoms with E-state index in [4.69, 9.17) is 0 Å². The van der Waals surface area contributed by atoms with Crippen LogP contribution in [0, 0.1) is 0 Å². The van der Waals surface area contributed by atoms with E-state index in [1.54, 1.807) is 0 Å². The quantitative estimate of drug-likeness (QED) is 0.686. The molecular weight excluding hydrogens is 220 g/mol. The lowest BCUT2D eigenvalue weighted by atomic mass is 10.1. The first-order chi connectivity index (χ1) is 9.00. The van der Waals surface area contributed by atoms with Crippen LogP contribution in [0.15, 0.2) is 0 Å². The van der Waals surface area contributed by atoms with Crippen LogP contribution in [0.5, 0.6) is 0 Å². The molecule has 2 nitrogen and oxygen atoms in total. The van der Waals surface area contributed by atoms with Gasteiger partial charge in [-0.05, 0) is 45.4 Å². The van der Waals surface area contributed by atoms with Gasteiger partial charge in [-0.2, -0.15) is 0 Å². The molecule has 1 heterocycles. The maximum atomic E-state index is 3.55. The highest BCUT2D eigenvalue weighted by Gasteiger charge is 1.95. The van der Waals surface area contributed by atoms with Gasteiger partial charge in [-0.25, -0.2) is 0 Å². The summed E-state index contributed by atoms with van der Waals surface area (Å²) < 4.78 is 0. The van der Waals surface area contributed by atoms with Crippen molar-refractivity contribution in [1.29, 1.82) is 0 Å². The van der Waals surface area contributed by atoms with Crippen LogP contribution in [0.25, 0.3) is 0 Å². The number of hydrogen-bond donors (Lipinski definition) is 2. The van der Waals surface area contributed by atoms with E-state index in [9.17, 15) is 0 Å². The Labute approximate surface area is 114 Å². The number of rotatable bonds is 0. The van der Waals surface area contributed by atoms with Gasteiger partial charge >= 0.3 is 0 Å². The molecule has 18 heavy (non-hydrogen) atoms. The molecule has 1 rings (SSSR count). The Morgan fingerprint density at radius 3 is 0.944 bits per heavy atom. The fourth-order valence-corrected chi connectivity index (χ4v) is 2.68. The topological polar surface area (TPSA) is 24.1 Å². The molecule has 2 N–H and O–H groups in total. The van der Waals surface area contributed by atoms with Gasteiger partial charge in [-0.15, -0.1) is 0 Å². The molecule has 0 unspecified atom stereocenters. The summed E-state index contributed by atoms with van der Waals surface area (Å²) in [6, 6.07) is 0. The van der Waals surface area contributed by atoms with Gasteiger partial charge in [-0.1, -0.05) is 57.8 Å². The lowest BCUT2D eigenvalue weighted by Gasteiger charge is -2.08. The van der Waals surface area contributed by atoms with Crippen molar-refractivity contribution in [3.63, 3.8) is 0 Å². The molecule has 1 aliphatic heterocycles. The normalized spacial score (nSPS) is 24.0. The van der Waals surface area contributed by atoms with Gasteiger partial charge in [0.05, 0.1) is 0 Å². The van der Waals surface area contributed by atoms with E-state index >= 15 is 0 Å². The Morgan fingerprint density at radius 1 is 0.278 bits per heavy atom. The highest BCUT2D eigenvalue weighted by Crippen LogP contribution is 2.11. The van der Waals surface area contributed by atoms with Crippen molar-refractivity contribution in [2.24, 2.45) is 0 Å². The third kappa shape index (κ3) is 11.0. The summed E-state index contributed by atoms with van der Waals surface area (Å²) in [5.74, 6) is 0. The second-order valence-electron chi connectivity index (χ2n) is 5.74. The maximum absolute atomic E-state index is 3.55. The number of hydrogen-bond acceptors (Lipinski definition) is 2.